The SMILES string of the molecule is CCc1ccc2oc3c(c(=O)c2c1)C(c1cccc(OCc2ccccc2)c1)N(CCCN(C)C)C3=O. The summed E-state index contributed by atoms with van der Waals surface area (Å²) < 4.78 is 12.2. The number of nitrogens with zero attached hydrogens (tertiary/aromatic N) is 2. The number of carbonyl (C=O) groups excluding carboxylic acids is 1. The number of carbonyl (C=O) groups is 1. The van der Waals surface area contributed by atoms with Gasteiger partial charge < -0.3 is 19.0 Å². The van der Waals surface area contributed by atoms with Crippen molar-refractivity contribution < 1.29 is 13.9 Å². The molecular formula is C31H32N2O4. The maximum absolute atomic E-state index is 13.9. The molecule has 1 amide bonds. The van der Waals surface area contributed by atoms with Gasteiger partial charge in [0.1, 0.15) is 17.9 Å². The summed E-state index contributed by atoms with van der Waals surface area (Å²) in [6, 6.07) is 22.8. The van der Waals surface area contributed by atoms with Gasteiger partial charge in [-0.25, -0.2) is 0 Å². The van der Waals surface area contributed by atoms with E-state index in [-0.39, 0.29) is 17.1 Å². The predicted octanol–water partition coefficient (Wildman–Crippen LogP) is 5.43. The summed E-state index contributed by atoms with van der Waals surface area (Å²) in [4.78, 5) is 31.3. The highest BCUT2D eigenvalue weighted by Gasteiger charge is 2.42. The molecule has 5 rings (SSSR count). The van der Waals surface area contributed by atoms with Crippen LogP contribution in [-0.4, -0.2) is 42.9 Å². The van der Waals surface area contributed by atoms with Crippen LogP contribution in [0.5, 0.6) is 5.75 Å². The molecule has 1 unspecified atom stereocenters. The van der Waals surface area contributed by atoms with Crippen molar-refractivity contribution in [3.63, 3.8) is 0 Å². The normalized spacial score (nSPS) is 15.0. The van der Waals surface area contributed by atoms with Gasteiger partial charge in [0.15, 0.2) is 5.43 Å². The Bertz CT molecular complexity index is 1480. The molecule has 6 nitrogen and oxygen atoms in total. The topological polar surface area (TPSA) is 63.0 Å². The maximum Gasteiger partial charge on any atom is 0.290 e. The largest absolute Gasteiger partial charge is 0.489 e. The molecule has 0 saturated carbocycles. The summed E-state index contributed by atoms with van der Waals surface area (Å²) in [5, 5.41) is 0.516. The van der Waals surface area contributed by atoms with Crippen molar-refractivity contribution >= 4 is 16.9 Å². The van der Waals surface area contributed by atoms with Crippen LogP contribution in [-0.2, 0) is 13.0 Å². The summed E-state index contributed by atoms with van der Waals surface area (Å²) in [6.45, 7) is 3.83. The Morgan fingerprint density at radius 2 is 1.76 bits per heavy atom. The molecule has 0 saturated heterocycles. The van der Waals surface area contributed by atoms with E-state index in [1.807, 2.05) is 80.8 Å². The van der Waals surface area contributed by atoms with Gasteiger partial charge in [-0.05, 0) is 74.4 Å². The van der Waals surface area contributed by atoms with Gasteiger partial charge in [-0.1, -0.05) is 55.5 Å². The van der Waals surface area contributed by atoms with Crippen molar-refractivity contribution in [1.29, 1.82) is 0 Å². The molecule has 3 aromatic carbocycles. The summed E-state index contributed by atoms with van der Waals surface area (Å²) >= 11 is 0. The fourth-order valence-electron chi connectivity index (χ4n) is 4.94. The van der Waals surface area contributed by atoms with E-state index in [2.05, 4.69) is 11.8 Å². The molecular weight excluding hydrogens is 464 g/mol. The number of ether oxygens (including phenoxy) is 1. The van der Waals surface area contributed by atoms with E-state index in [0.717, 1.165) is 36.1 Å². The van der Waals surface area contributed by atoms with Gasteiger partial charge in [-0.3, -0.25) is 9.59 Å². The Kier molecular flexibility index (Phi) is 7.10. The first-order valence-electron chi connectivity index (χ1n) is 12.8. The third-order valence-electron chi connectivity index (χ3n) is 6.86. The molecule has 0 aliphatic carbocycles. The van der Waals surface area contributed by atoms with Crippen LogP contribution in [0.15, 0.2) is 82.0 Å². The third-order valence-corrected chi connectivity index (χ3v) is 6.86. The summed E-state index contributed by atoms with van der Waals surface area (Å²) in [5.74, 6) is 0.592. The van der Waals surface area contributed by atoms with E-state index in [1.165, 1.54) is 0 Å². The fraction of sp³-hybridized carbons (Fsp3) is 0.290. The zero-order chi connectivity index (χ0) is 25.9. The molecule has 4 aromatic rings. The zero-order valence-electron chi connectivity index (χ0n) is 21.6. The molecule has 0 spiro atoms. The number of hydrogen-bond acceptors (Lipinski definition) is 5. The average molecular weight is 497 g/mol. The standard InChI is InChI=1S/C31H32N2O4/c1-4-21-14-15-26-25(18-21)29(34)27-28(33(17-9-16-32(2)3)31(35)30(27)37-26)23-12-8-13-24(19-23)36-20-22-10-6-5-7-11-22/h5-8,10-15,18-19,28H,4,9,16-17,20H2,1-3H3. The first-order chi connectivity index (χ1) is 18.0. The summed E-state index contributed by atoms with van der Waals surface area (Å²) in [5.41, 5.74) is 3.67. The quantitative estimate of drug-likeness (QED) is 0.309. The molecule has 6 heteroatoms. The van der Waals surface area contributed by atoms with Gasteiger partial charge in [0, 0.05) is 6.54 Å². The van der Waals surface area contributed by atoms with Crippen molar-refractivity contribution in [2.45, 2.75) is 32.4 Å². The molecule has 190 valence electrons. The average Bonchev–Trinajstić information content (AvgIpc) is 3.19. The lowest BCUT2D eigenvalue weighted by molar-refractivity contribution is 0.0722. The number of rotatable bonds is 9. The lowest BCUT2D eigenvalue weighted by Crippen LogP contribution is -2.32. The first-order valence-corrected chi connectivity index (χ1v) is 12.8. The lowest BCUT2D eigenvalue weighted by atomic mass is 9.97. The Morgan fingerprint density at radius 1 is 0.946 bits per heavy atom. The minimum atomic E-state index is -0.532. The van der Waals surface area contributed by atoms with Crippen LogP contribution in [0.2, 0.25) is 0 Å². The summed E-state index contributed by atoms with van der Waals surface area (Å²) in [7, 11) is 4.02. The molecule has 37 heavy (non-hydrogen) atoms. The zero-order valence-corrected chi connectivity index (χ0v) is 21.6. The van der Waals surface area contributed by atoms with E-state index in [0.29, 0.717) is 35.4 Å². The third kappa shape index (κ3) is 5.02. The molecule has 1 aliphatic rings. The second kappa shape index (κ2) is 10.6. The highest BCUT2D eigenvalue weighted by atomic mass is 16.5. The molecule has 0 bridgehead atoms. The van der Waals surface area contributed by atoms with Crippen LogP contribution in [0, 0.1) is 0 Å². The fourth-order valence-corrected chi connectivity index (χ4v) is 4.94. The van der Waals surface area contributed by atoms with Crippen molar-refractivity contribution in [2.75, 3.05) is 27.2 Å². The maximum atomic E-state index is 13.9. The predicted molar refractivity (Wildman–Crippen MR) is 145 cm³/mol. The van der Waals surface area contributed by atoms with Crippen molar-refractivity contribution in [3.8, 4) is 5.75 Å². The van der Waals surface area contributed by atoms with Crippen molar-refractivity contribution in [3.05, 3.63) is 111 Å². The summed E-state index contributed by atoms with van der Waals surface area (Å²) in [6.07, 6.45) is 1.59. The Labute approximate surface area is 217 Å². The van der Waals surface area contributed by atoms with Crippen molar-refractivity contribution in [2.24, 2.45) is 0 Å². The molecule has 1 atom stereocenters. The minimum absolute atomic E-state index is 0.143. The van der Waals surface area contributed by atoms with Gasteiger partial charge in [-0.15, -0.1) is 0 Å². The van der Waals surface area contributed by atoms with Gasteiger partial charge in [0.25, 0.3) is 5.91 Å². The van der Waals surface area contributed by atoms with Crippen LogP contribution in [0.4, 0.5) is 0 Å². The molecule has 0 N–H and O–H groups in total. The van der Waals surface area contributed by atoms with Crippen LogP contribution in [0.25, 0.3) is 11.0 Å². The monoisotopic (exact) mass is 496 g/mol. The van der Waals surface area contributed by atoms with Gasteiger partial charge in [-0.2, -0.15) is 0 Å². The van der Waals surface area contributed by atoms with Gasteiger partial charge >= 0.3 is 0 Å². The molecule has 0 fully saturated rings. The Hall–Kier alpha value is -3.90. The van der Waals surface area contributed by atoms with E-state index >= 15 is 0 Å². The molecule has 0 radical (unpaired) electrons. The molecule has 1 aliphatic heterocycles. The number of aryl methyl sites for hydroxylation is 1. The minimum Gasteiger partial charge on any atom is -0.489 e. The van der Waals surface area contributed by atoms with E-state index in [1.54, 1.807) is 11.0 Å². The van der Waals surface area contributed by atoms with Crippen LogP contribution in [0.1, 0.15) is 52.2 Å². The van der Waals surface area contributed by atoms with Crippen LogP contribution in [0.3, 0.4) is 0 Å². The smallest absolute Gasteiger partial charge is 0.290 e. The number of amides is 1. The van der Waals surface area contributed by atoms with Crippen LogP contribution < -0.4 is 10.2 Å². The van der Waals surface area contributed by atoms with Gasteiger partial charge in [0.2, 0.25) is 5.76 Å². The van der Waals surface area contributed by atoms with Gasteiger partial charge in [0.05, 0.1) is 17.0 Å². The second-order valence-corrected chi connectivity index (χ2v) is 9.76. The second-order valence-electron chi connectivity index (χ2n) is 9.76. The Balaban J connectivity index is 1.56. The highest BCUT2D eigenvalue weighted by molar-refractivity contribution is 5.99. The van der Waals surface area contributed by atoms with E-state index in [9.17, 15) is 9.59 Å². The number of hydrogen-bond donors (Lipinski definition) is 0. The van der Waals surface area contributed by atoms with E-state index in [4.69, 9.17) is 9.15 Å². The lowest BCUT2D eigenvalue weighted by Gasteiger charge is -2.26. The van der Waals surface area contributed by atoms with Crippen LogP contribution >= 0.6 is 0 Å². The first kappa shape index (κ1) is 24.8. The molecule has 1 aromatic heterocycles. The molecule has 2 heterocycles. The van der Waals surface area contributed by atoms with Crippen molar-refractivity contribution in [1.82, 2.24) is 9.80 Å². The number of benzene rings is 3. The number of fused-ring (bicyclic) bond motifs is 2. The Morgan fingerprint density at radius 3 is 2.51 bits per heavy atom. The van der Waals surface area contributed by atoms with E-state index < -0.39 is 6.04 Å². The highest BCUT2D eigenvalue weighted by Crippen LogP contribution is 2.39.